The highest BCUT2D eigenvalue weighted by molar-refractivity contribution is 6.16. The number of pyridine rings is 2. The Morgan fingerprint density at radius 1 is 0.980 bits per heavy atom. The molecule has 0 aromatic carbocycles. The molecule has 13 nitrogen and oxygen atoms in total. The van der Waals surface area contributed by atoms with E-state index in [1.165, 1.54) is 40.5 Å². The van der Waals surface area contributed by atoms with E-state index in [0.29, 0.717) is 5.56 Å². The number of alkyl carbamates (subject to hydrolysis) is 1. The maximum Gasteiger partial charge on any atom is 0.414 e. The lowest BCUT2D eigenvalue weighted by Gasteiger charge is -2.40. The maximum atomic E-state index is 14.1. The third-order valence-corrected chi connectivity index (χ3v) is 7.76. The monoisotopic (exact) mass is 725 g/mol. The highest BCUT2D eigenvalue weighted by Gasteiger charge is 2.46. The molecule has 0 spiro atoms. The summed E-state index contributed by atoms with van der Waals surface area (Å²) in [6.07, 6.45) is -2.82. The summed E-state index contributed by atoms with van der Waals surface area (Å²) in [4.78, 5) is 50.5. The minimum absolute atomic E-state index is 0.0124. The van der Waals surface area contributed by atoms with E-state index in [0.717, 1.165) is 0 Å². The standard InChI is InChI=1S/C33H40F5N7O6/c1-30(2,3)50-28(47)41-20-10-19(33(36,37)38)14-45(15-20)22-7-8-39-12-21(22)42-26(46)24-25-23(49-27(24)43-29(48)51-31(4,5)6)9-18(11-40-25)13-44-16-32(34,35)17-44/h7-9,11-12,19-20H,10,13-17H2,1-6H3,(H,41,47)(H,42,46)(H,43,48). The number of nitrogens with one attached hydrogen (secondary N) is 3. The molecule has 0 bridgehead atoms. The molecule has 2 unspecified atom stereocenters. The number of carbonyl (C=O) groups excluding carboxylic acids is 3. The lowest BCUT2D eigenvalue weighted by Crippen LogP contribution is -2.55. The molecule has 3 aromatic heterocycles. The summed E-state index contributed by atoms with van der Waals surface area (Å²) in [6, 6.07) is 1.98. The first-order chi connectivity index (χ1) is 23.5. The molecule has 2 aliphatic rings. The molecule has 278 valence electrons. The number of alkyl halides is 5. The van der Waals surface area contributed by atoms with Crippen molar-refractivity contribution in [2.45, 2.75) is 83.9 Å². The molecule has 2 aliphatic heterocycles. The topological polar surface area (TPSA) is 151 Å². The van der Waals surface area contributed by atoms with Crippen molar-refractivity contribution in [3.05, 3.63) is 41.9 Å². The van der Waals surface area contributed by atoms with Crippen molar-refractivity contribution in [1.82, 2.24) is 20.2 Å². The van der Waals surface area contributed by atoms with E-state index in [2.05, 4.69) is 25.9 Å². The first kappa shape index (κ1) is 37.5. The van der Waals surface area contributed by atoms with Gasteiger partial charge in [0, 0.05) is 32.0 Å². The van der Waals surface area contributed by atoms with Gasteiger partial charge in [0.05, 0.1) is 42.6 Å². The van der Waals surface area contributed by atoms with E-state index in [4.69, 9.17) is 13.9 Å². The van der Waals surface area contributed by atoms with Gasteiger partial charge in [-0.05, 0) is 65.7 Å². The van der Waals surface area contributed by atoms with Gasteiger partial charge < -0.3 is 29.4 Å². The van der Waals surface area contributed by atoms with Crippen LogP contribution in [0.4, 0.5) is 48.8 Å². The van der Waals surface area contributed by atoms with Crippen LogP contribution in [-0.2, 0) is 16.0 Å². The number of furan rings is 1. The normalized spacial score (nSPS) is 19.6. The van der Waals surface area contributed by atoms with Crippen molar-refractivity contribution in [2.75, 3.05) is 41.7 Å². The van der Waals surface area contributed by atoms with Gasteiger partial charge in [-0.1, -0.05) is 0 Å². The van der Waals surface area contributed by atoms with Crippen molar-refractivity contribution in [1.29, 1.82) is 0 Å². The number of fused-ring (bicyclic) bond motifs is 1. The molecule has 18 heteroatoms. The largest absolute Gasteiger partial charge is 0.444 e. The van der Waals surface area contributed by atoms with Gasteiger partial charge in [-0.25, -0.2) is 18.4 Å². The second kappa shape index (κ2) is 13.8. The summed E-state index contributed by atoms with van der Waals surface area (Å²) in [5.74, 6) is -5.80. The molecule has 3 N–H and O–H groups in total. The Kier molecular flexibility index (Phi) is 10.1. The van der Waals surface area contributed by atoms with Crippen molar-refractivity contribution >= 4 is 46.5 Å². The van der Waals surface area contributed by atoms with Crippen molar-refractivity contribution in [3.8, 4) is 0 Å². The van der Waals surface area contributed by atoms with Crippen molar-refractivity contribution in [3.63, 3.8) is 0 Å². The Bertz CT molecular complexity index is 1780. The number of carbonyl (C=O) groups is 3. The second-order valence-corrected chi connectivity index (χ2v) is 14.7. The van der Waals surface area contributed by atoms with Crippen molar-refractivity contribution in [2.24, 2.45) is 5.92 Å². The van der Waals surface area contributed by atoms with Crippen LogP contribution in [0.3, 0.4) is 0 Å². The zero-order chi connectivity index (χ0) is 37.5. The van der Waals surface area contributed by atoms with Gasteiger partial charge in [0.1, 0.15) is 22.3 Å². The summed E-state index contributed by atoms with van der Waals surface area (Å²) < 4.78 is 85.6. The summed E-state index contributed by atoms with van der Waals surface area (Å²) in [7, 11) is 0. The molecule has 0 aliphatic carbocycles. The molecule has 0 saturated carbocycles. The molecule has 0 radical (unpaired) electrons. The fourth-order valence-corrected chi connectivity index (χ4v) is 5.83. The lowest BCUT2D eigenvalue weighted by molar-refractivity contribution is -0.177. The Hall–Kier alpha value is -4.74. The number of anilines is 3. The maximum absolute atomic E-state index is 14.1. The Balaban J connectivity index is 1.44. The predicted octanol–water partition coefficient (Wildman–Crippen LogP) is 6.55. The molecule has 2 saturated heterocycles. The average molecular weight is 726 g/mol. The highest BCUT2D eigenvalue weighted by Crippen LogP contribution is 2.38. The number of amides is 3. The zero-order valence-electron chi connectivity index (χ0n) is 28.9. The van der Waals surface area contributed by atoms with Gasteiger partial charge in [-0.15, -0.1) is 0 Å². The number of hydrogen-bond acceptors (Lipinski definition) is 10. The van der Waals surface area contributed by atoms with Gasteiger partial charge in [-0.3, -0.25) is 25.0 Å². The Labute approximate surface area is 290 Å². The number of piperidine rings is 1. The van der Waals surface area contributed by atoms with Crippen LogP contribution in [0.25, 0.3) is 11.1 Å². The highest BCUT2D eigenvalue weighted by atomic mass is 19.4. The third kappa shape index (κ3) is 9.74. The molecule has 3 aromatic rings. The fourth-order valence-electron chi connectivity index (χ4n) is 5.83. The molecule has 5 rings (SSSR count). The Morgan fingerprint density at radius 2 is 1.65 bits per heavy atom. The smallest absolute Gasteiger partial charge is 0.414 e. The van der Waals surface area contributed by atoms with E-state index in [1.807, 2.05) is 0 Å². The summed E-state index contributed by atoms with van der Waals surface area (Å²) >= 11 is 0. The number of nitrogens with zero attached hydrogens (tertiary/aromatic N) is 4. The van der Waals surface area contributed by atoms with Gasteiger partial charge in [0.25, 0.3) is 11.8 Å². The molecule has 5 heterocycles. The number of rotatable bonds is 7. The average Bonchev–Trinajstić information content (AvgIpc) is 3.30. The van der Waals surface area contributed by atoms with Crippen LogP contribution in [0.1, 0.15) is 63.9 Å². The van der Waals surface area contributed by atoms with Crippen LogP contribution in [0.15, 0.2) is 35.1 Å². The van der Waals surface area contributed by atoms with Gasteiger partial charge in [0.15, 0.2) is 5.58 Å². The molecule has 2 fully saturated rings. The number of hydrogen-bond donors (Lipinski definition) is 3. The van der Waals surface area contributed by atoms with E-state index in [9.17, 15) is 36.3 Å². The summed E-state index contributed by atoms with van der Waals surface area (Å²) in [5.41, 5.74) is -1.23. The predicted molar refractivity (Wildman–Crippen MR) is 176 cm³/mol. The second-order valence-electron chi connectivity index (χ2n) is 14.7. The fraction of sp³-hybridized carbons (Fsp3) is 0.545. The van der Waals surface area contributed by atoms with Crippen LogP contribution in [0, 0.1) is 5.92 Å². The number of likely N-dealkylation sites (tertiary alicyclic amines) is 1. The van der Waals surface area contributed by atoms with Gasteiger partial charge >= 0.3 is 18.4 Å². The molecular weight excluding hydrogens is 685 g/mol. The number of ether oxygens (including phenoxy) is 2. The number of halogens is 5. The SMILES string of the molecule is CC(C)(C)OC(=O)Nc1oc2cc(CN3CC(F)(F)C3)cnc2c1C(=O)Nc1cnccc1N1CC(NC(=O)OC(C)(C)C)CC(C(F)(F)F)C1. The Morgan fingerprint density at radius 3 is 2.27 bits per heavy atom. The van der Waals surface area contributed by atoms with Crippen LogP contribution in [0.2, 0.25) is 0 Å². The first-order valence-electron chi connectivity index (χ1n) is 16.1. The lowest BCUT2D eigenvalue weighted by atomic mass is 9.93. The van der Waals surface area contributed by atoms with E-state index in [1.54, 1.807) is 41.5 Å². The molecule has 2 atom stereocenters. The van der Waals surface area contributed by atoms with Crippen LogP contribution < -0.4 is 20.9 Å². The minimum Gasteiger partial charge on any atom is -0.444 e. The van der Waals surface area contributed by atoms with Crippen LogP contribution in [0.5, 0.6) is 0 Å². The molecular formula is C33H40F5N7O6. The quantitative estimate of drug-likeness (QED) is 0.229. The van der Waals surface area contributed by atoms with Crippen LogP contribution >= 0.6 is 0 Å². The third-order valence-electron chi connectivity index (χ3n) is 7.76. The van der Waals surface area contributed by atoms with Crippen LogP contribution in [-0.4, -0.2) is 88.5 Å². The number of aromatic nitrogens is 2. The minimum atomic E-state index is -4.60. The van der Waals surface area contributed by atoms with E-state index < -0.39 is 73.0 Å². The first-order valence-corrected chi connectivity index (χ1v) is 16.1. The van der Waals surface area contributed by atoms with E-state index in [-0.39, 0.29) is 53.4 Å². The van der Waals surface area contributed by atoms with Gasteiger partial charge in [-0.2, -0.15) is 13.2 Å². The molecule has 51 heavy (non-hydrogen) atoms. The van der Waals surface area contributed by atoms with E-state index >= 15 is 0 Å². The zero-order valence-corrected chi connectivity index (χ0v) is 28.9. The van der Waals surface area contributed by atoms with Gasteiger partial charge in [0.2, 0.25) is 5.88 Å². The summed E-state index contributed by atoms with van der Waals surface area (Å²) in [5, 5.41) is 7.60. The summed E-state index contributed by atoms with van der Waals surface area (Å²) in [6.45, 7) is 8.56. The molecule has 3 amide bonds. The van der Waals surface area contributed by atoms with Crippen molar-refractivity contribution < 1.29 is 50.2 Å².